The molecule has 0 aliphatic carbocycles. The molecule has 92 valence electrons. The average Bonchev–Trinajstić information content (AvgIpc) is 2.91. The van der Waals surface area contributed by atoms with E-state index >= 15 is 0 Å². The van der Waals surface area contributed by atoms with Gasteiger partial charge in [-0.05, 0) is 12.1 Å². The number of fused-ring (bicyclic) bond motifs is 1. The van der Waals surface area contributed by atoms with E-state index in [0.29, 0.717) is 17.2 Å². The molecule has 0 radical (unpaired) electrons. The highest BCUT2D eigenvalue weighted by molar-refractivity contribution is 5.94. The second kappa shape index (κ2) is 4.40. The van der Waals surface area contributed by atoms with Crippen molar-refractivity contribution in [3.63, 3.8) is 0 Å². The summed E-state index contributed by atoms with van der Waals surface area (Å²) in [5.41, 5.74) is 0.599. The molecular weight excluding hydrogens is 234 g/mol. The molecule has 6 nitrogen and oxygen atoms in total. The van der Waals surface area contributed by atoms with Gasteiger partial charge in [0.25, 0.3) is 5.91 Å². The van der Waals surface area contributed by atoms with Crippen LogP contribution in [-0.2, 0) is 4.79 Å². The van der Waals surface area contributed by atoms with Crippen LogP contribution in [0.15, 0.2) is 36.7 Å². The molecule has 0 saturated heterocycles. The lowest BCUT2D eigenvalue weighted by Gasteiger charge is -2.25. The summed E-state index contributed by atoms with van der Waals surface area (Å²) in [5, 5.41) is 9.05. The molecule has 6 heteroatoms. The monoisotopic (exact) mass is 245 g/mol. The Hall–Kier alpha value is -2.50. The van der Waals surface area contributed by atoms with E-state index in [1.165, 1.54) is 6.20 Å². The van der Waals surface area contributed by atoms with Crippen molar-refractivity contribution in [3.8, 4) is 11.5 Å². The van der Waals surface area contributed by atoms with E-state index in [1.54, 1.807) is 18.3 Å². The molecule has 18 heavy (non-hydrogen) atoms. The predicted octanol–water partition coefficient (Wildman–Crippen LogP) is 1.19. The summed E-state index contributed by atoms with van der Waals surface area (Å²) in [6.07, 6.45) is 2.46. The molecule has 2 heterocycles. The third kappa shape index (κ3) is 2.00. The van der Waals surface area contributed by atoms with Crippen LogP contribution in [0.2, 0.25) is 0 Å². The van der Waals surface area contributed by atoms with Crippen molar-refractivity contribution in [1.29, 1.82) is 0 Å². The van der Waals surface area contributed by atoms with Crippen LogP contribution in [0.4, 0.5) is 5.69 Å². The van der Waals surface area contributed by atoms with E-state index in [1.807, 2.05) is 12.1 Å². The van der Waals surface area contributed by atoms with Crippen LogP contribution < -0.4 is 14.8 Å². The number of aromatic amines is 1. The summed E-state index contributed by atoms with van der Waals surface area (Å²) in [7, 11) is 0. The number of anilines is 1. The lowest BCUT2D eigenvalue weighted by Crippen LogP contribution is -2.40. The number of benzene rings is 1. The van der Waals surface area contributed by atoms with Gasteiger partial charge in [0.15, 0.2) is 11.5 Å². The van der Waals surface area contributed by atoms with Gasteiger partial charge in [-0.15, -0.1) is 0 Å². The van der Waals surface area contributed by atoms with Gasteiger partial charge in [-0.2, -0.15) is 5.10 Å². The quantitative estimate of drug-likeness (QED) is 0.833. The van der Waals surface area contributed by atoms with Gasteiger partial charge in [-0.3, -0.25) is 9.89 Å². The van der Waals surface area contributed by atoms with Crippen LogP contribution in [0.3, 0.4) is 0 Å². The number of ether oxygens (including phenoxy) is 2. The Morgan fingerprint density at radius 2 is 2.22 bits per heavy atom. The van der Waals surface area contributed by atoms with Crippen molar-refractivity contribution < 1.29 is 14.3 Å². The topological polar surface area (TPSA) is 76.2 Å². The number of para-hydroxylation sites is 2. The van der Waals surface area contributed by atoms with Gasteiger partial charge in [0.05, 0.1) is 11.9 Å². The fraction of sp³-hybridized carbons (Fsp3) is 0.167. The molecule has 1 aromatic heterocycles. The van der Waals surface area contributed by atoms with Gasteiger partial charge in [0, 0.05) is 6.20 Å². The zero-order valence-corrected chi connectivity index (χ0v) is 9.42. The lowest BCUT2D eigenvalue weighted by molar-refractivity contribution is -0.125. The zero-order valence-electron chi connectivity index (χ0n) is 9.42. The molecule has 0 unspecified atom stereocenters. The summed E-state index contributed by atoms with van der Waals surface area (Å²) in [5.74, 6) is 0.979. The lowest BCUT2D eigenvalue weighted by atomic mass is 10.2. The van der Waals surface area contributed by atoms with Crippen LogP contribution in [0.1, 0.15) is 0 Å². The summed E-state index contributed by atoms with van der Waals surface area (Å²) < 4.78 is 11.0. The number of nitrogens with zero attached hydrogens (tertiary/aromatic N) is 1. The molecule has 1 aromatic carbocycles. The van der Waals surface area contributed by atoms with Gasteiger partial charge in [0.1, 0.15) is 6.61 Å². The SMILES string of the molecule is O=C(Nc1cn[nH]c1)[C@H]1COc2ccccc2O1. The number of carbonyl (C=O) groups excluding carboxylic acids is 1. The number of H-pyrrole nitrogens is 1. The van der Waals surface area contributed by atoms with Gasteiger partial charge in [-0.1, -0.05) is 12.1 Å². The minimum absolute atomic E-state index is 0.195. The van der Waals surface area contributed by atoms with E-state index in [2.05, 4.69) is 15.5 Å². The van der Waals surface area contributed by atoms with E-state index in [-0.39, 0.29) is 12.5 Å². The van der Waals surface area contributed by atoms with Crippen LogP contribution in [-0.4, -0.2) is 28.8 Å². The van der Waals surface area contributed by atoms with E-state index < -0.39 is 6.10 Å². The fourth-order valence-corrected chi connectivity index (χ4v) is 1.69. The first-order chi connectivity index (χ1) is 8.83. The summed E-state index contributed by atoms with van der Waals surface area (Å²) >= 11 is 0. The van der Waals surface area contributed by atoms with Crippen molar-refractivity contribution in [3.05, 3.63) is 36.7 Å². The molecule has 1 atom stereocenters. The van der Waals surface area contributed by atoms with Gasteiger partial charge >= 0.3 is 0 Å². The van der Waals surface area contributed by atoms with Crippen LogP contribution in [0, 0.1) is 0 Å². The highest BCUT2D eigenvalue weighted by Crippen LogP contribution is 2.31. The number of nitrogens with one attached hydrogen (secondary N) is 2. The summed E-state index contributed by atoms with van der Waals surface area (Å²) in [4.78, 5) is 11.9. The maximum atomic E-state index is 11.9. The summed E-state index contributed by atoms with van der Waals surface area (Å²) in [6, 6.07) is 7.26. The van der Waals surface area contributed by atoms with Gasteiger partial charge in [0.2, 0.25) is 6.10 Å². The number of carbonyl (C=O) groups is 1. The van der Waals surface area contributed by atoms with Crippen LogP contribution >= 0.6 is 0 Å². The average molecular weight is 245 g/mol. The van der Waals surface area contributed by atoms with Crippen molar-refractivity contribution >= 4 is 11.6 Å². The van der Waals surface area contributed by atoms with Crippen LogP contribution in [0.5, 0.6) is 11.5 Å². The second-order valence-corrected chi connectivity index (χ2v) is 3.84. The van der Waals surface area contributed by atoms with Crippen molar-refractivity contribution in [2.75, 3.05) is 11.9 Å². The number of aromatic nitrogens is 2. The number of hydrogen-bond acceptors (Lipinski definition) is 4. The molecule has 1 amide bonds. The first-order valence-electron chi connectivity index (χ1n) is 5.51. The largest absolute Gasteiger partial charge is 0.485 e. The molecule has 0 bridgehead atoms. The highest BCUT2D eigenvalue weighted by atomic mass is 16.6. The van der Waals surface area contributed by atoms with Crippen LogP contribution in [0.25, 0.3) is 0 Å². The molecule has 1 aliphatic heterocycles. The molecule has 0 fully saturated rings. The molecule has 3 rings (SSSR count). The molecule has 2 N–H and O–H groups in total. The standard InChI is InChI=1S/C12H11N3O3/c16-12(15-8-5-13-14-6-8)11-7-17-9-3-1-2-4-10(9)18-11/h1-6,11H,7H2,(H,13,14)(H,15,16)/t11-/m1/s1. The molecular formula is C12H11N3O3. The number of hydrogen-bond donors (Lipinski definition) is 2. The highest BCUT2D eigenvalue weighted by Gasteiger charge is 2.27. The Morgan fingerprint density at radius 3 is 3.00 bits per heavy atom. The first-order valence-corrected chi connectivity index (χ1v) is 5.51. The van der Waals surface area contributed by atoms with E-state index in [9.17, 15) is 4.79 Å². The first kappa shape index (κ1) is 10.6. The van der Waals surface area contributed by atoms with E-state index in [0.717, 1.165) is 0 Å². The molecule has 1 aliphatic rings. The van der Waals surface area contributed by atoms with E-state index in [4.69, 9.17) is 9.47 Å². The minimum atomic E-state index is -0.658. The van der Waals surface area contributed by atoms with Gasteiger partial charge < -0.3 is 14.8 Å². The van der Waals surface area contributed by atoms with Crippen molar-refractivity contribution in [1.82, 2.24) is 10.2 Å². The maximum Gasteiger partial charge on any atom is 0.269 e. The Labute approximate surface area is 103 Å². The molecule has 2 aromatic rings. The molecule has 0 spiro atoms. The Bertz CT molecular complexity index is 553. The van der Waals surface area contributed by atoms with Crippen molar-refractivity contribution in [2.24, 2.45) is 0 Å². The maximum absolute atomic E-state index is 11.9. The Balaban J connectivity index is 1.70. The summed E-state index contributed by atoms with van der Waals surface area (Å²) in [6.45, 7) is 0.195. The third-order valence-corrected chi connectivity index (χ3v) is 2.57. The molecule has 0 saturated carbocycles. The normalized spacial score (nSPS) is 17.2. The zero-order chi connectivity index (χ0) is 12.4. The smallest absolute Gasteiger partial charge is 0.269 e. The third-order valence-electron chi connectivity index (χ3n) is 2.57. The predicted molar refractivity (Wildman–Crippen MR) is 63.6 cm³/mol. The van der Waals surface area contributed by atoms with Crippen molar-refractivity contribution in [2.45, 2.75) is 6.10 Å². The second-order valence-electron chi connectivity index (χ2n) is 3.84. The fourth-order valence-electron chi connectivity index (χ4n) is 1.69. The number of rotatable bonds is 2. The Morgan fingerprint density at radius 1 is 1.39 bits per heavy atom. The minimum Gasteiger partial charge on any atom is -0.485 e. The van der Waals surface area contributed by atoms with Gasteiger partial charge in [-0.25, -0.2) is 0 Å². The Kier molecular flexibility index (Phi) is 2.60. The number of amides is 1.